The molecule has 0 bridgehead atoms. The summed E-state index contributed by atoms with van der Waals surface area (Å²) < 4.78 is 8.50. The van der Waals surface area contributed by atoms with Gasteiger partial charge >= 0.3 is 0 Å². The maximum Gasteiger partial charge on any atom is 0.279 e. The van der Waals surface area contributed by atoms with E-state index in [4.69, 9.17) is 4.74 Å². The normalized spacial score (nSPS) is 12.1. The SMILES string of the molecule is COCCn1c(=NC(=O)c2ccc(C)c(C)c2)sc2cc(C)cc(C)c21. The highest BCUT2D eigenvalue weighted by atomic mass is 32.1. The van der Waals surface area contributed by atoms with Gasteiger partial charge in [0.05, 0.1) is 16.8 Å². The van der Waals surface area contributed by atoms with E-state index in [2.05, 4.69) is 35.5 Å². The number of amides is 1. The van der Waals surface area contributed by atoms with Gasteiger partial charge in [0.1, 0.15) is 0 Å². The Bertz CT molecular complexity index is 1040. The fraction of sp³-hybridized carbons (Fsp3) is 0.333. The standard InChI is InChI=1S/C21H24N2O2S/c1-13-10-16(4)19-18(11-13)26-21(23(19)8-9-25-5)22-20(24)17-7-6-14(2)15(3)12-17/h6-7,10-12H,8-9H2,1-5H3. The smallest absolute Gasteiger partial charge is 0.279 e. The van der Waals surface area contributed by atoms with Crippen LogP contribution in [-0.2, 0) is 11.3 Å². The molecule has 5 heteroatoms. The van der Waals surface area contributed by atoms with Crippen molar-refractivity contribution in [2.45, 2.75) is 34.2 Å². The molecule has 0 N–H and O–H groups in total. The minimum absolute atomic E-state index is 0.208. The van der Waals surface area contributed by atoms with E-state index in [1.54, 1.807) is 18.4 Å². The van der Waals surface area contributed by atoms with Crippen LogP contribution in [0.2, 0.25) is 0 Å². The van der Waals surface area contributed by atoms with Crippen LogP contribution >= 0.6 is 11.3 Å². The molecule has 0 aliphatic heterocycles. The van der Waals surface area contributed by atoms with Crippen LogP contribution in [-0.4, -0.2) is 24.2 Å². The molecular formula is C21H24N2O2S. The van der Waals surface area contributed by atoms with Crippen LogP contribution in [0, 0.1) is 27.7 Å². The molecule has 0 saturated carbocycles. The van der Waals surface area contributed by atoms with E-state index in [9.17, 15) is 4.79 Å². The summed E-state index contributed by atoms with van der Waals surface area (Å²) in [6, 6.07) is 10.0. The quantitative estimate of drug-likeness (QED) is 0.688. The fourth-order valence-corrected chi connectivity index (χ4v) is 4.32. The van der Waals surface area contributed by atoms with Gasteiger partial charge in [0.2, 0.25) is 0 Å². The lowest BCUT2D eigenvalue weighted by Gasteiger charge is -2.07. The number of aryl methyl sites for hydroxylation is 4. The minimum Gasteiger partial charge on any atom is -0.383 e. The van der Waals surface area contributed by atoms with Gasteiger partial charge in [-0.15, -0.1) is 0 Å². The third kappa shape index (κ3) is 3.64. The van der Waals surface area contributed by atoms with Crippen LogP contribution in [0.5, 0.6) is 0 Å². The second-order valence-electron chi connectivity index (χ2n) is 6.67. The van der Waals surface area contributed by atoms with Crippen molar-refractivity contribution in [3.05, 3.63) is 63.0 Å². The van der Waals surface area contributed by atoms with Crippen LogP contribution in [0.3, 0.4) is 0 Å². The fourth-order valence-electron chi connectivity index (χ4n) is 3.09. The molecule has 3 rings (SSSR count). The number of nitrogens with zero attached hydrogens (tertiary/aromatic N) is 2. The van der Waals surface area contributed by atoms with E-state index < -0.39 is 0 Å². The van der Waals surface area contributed by atoms with Crippen molar-refractivity contribution in [1.29, 1.82) is 0 Å². The van der Waals surface area contributed by atoms with Crippen molar-refractivity contribution in [2.75, 3.05) is 13.7 Å². The Morgan fingerprint density at radius 1 is 1.08 bits per heavy atom. The van der Waals surface area contributed by atoms with E-state index in [1.807, 2.05) is 32.0 Å². The molecule has 0 atom stereocenters. The molecular weight excluding hydrogens is 344 g/mol. The first kappa shape index (κ1) is 18.5. The van der Waals surface area contributed by atoms with E-state index in [0.29, 0.717) is 23.5 Å². The predicted molar refractivity (Wildman–Crippen MR) is 107 cm³/mol. The van der Waals surface area contributed by atoms with E-state index >= 15 is 0 Å². The molecule has 3 aromatic rings. The molecule has 0 unspecified atom stereocenters. The van der Waals surface area contributed by atoms with Gasteiger partial charge in [-0.1, -0.05) is 23.5 Å². The van der Waals surface area contributed by atoms with E-state index in [0.717, 1.165) is 15.8 Å². The lowest BCUT2D eigenvalue weighted by atomic mass is 10.1. The number of ether oxygens (including phenoxy) is 1. The summed E-state index contributed by atoms with van der Waals surface area (Å²) in [6.45, 7) is 9.47. The number of methoxy groups -OCH3 is 1. The molecule has 0 saturated heterocycles. The maximum atomic E-state index is 12.7. The Morgan fingerprint density at radius 2 is 1.85 bits per heavy atom. The molecule has 4 nitrogen and oxygen atoms in total. The van der Waals surface area contributed by atoms with Gasteiger partial charge in [-0.2, -0.15) is 4.99 Å². The third-order valence-electron chi connectivity index (χ3n) is 4.58. The van der Waals surface area contributed by atoms with Crippen LogP contribution in [0.15, 0.2) is 35.3 Å². The predicted octanol–water partition coefficient (Wildman–Crippen LogP) is 4.32. The molecule has 1 amide bonds. The highest BCUT2D eigenvalue weighted by Gasteiger charge is 2.12. The average Bonchev–Trinajstić information content (AvgIpc) is 2.92. The first-order valence-corrected chi connectivity index (χ1v) is 9.48. The van der Waals surface area contributed by atoms with Crippen molar-refractivity contribution >= 4 is 27.5 Å². The van der Waals surface area contributed by atoms with Crippen molar-refractivity contribution in [1.82, 2.24) is 4.57 Å². The molecule has 0 spiro atoms. The zero-order chi connectivity index (χ0) is 18.8. The number of hydrogen-bond donors (Lipinski definition) is 0. The number of rotatable bonds is 4. The molecule has 0 fully saturated rings. The van der Waals surface area contributed by atoms with Gasteiger partial charge in [-0.25, -0.2) is 0 Å². The number of carbonyl (C=O) groups excluding carboxylic acids is 1. The van der Waals surface area contributed by atoms with E-state index in [1.165, 1.54) is 16.7 Å². The Morgan fingerprint density at radius 3 is 2.54 bits per heavy atom. The van der Waals surface area contributed by atoms with E-state index in [-0.39, 0.29) is 5.91 Å². The first-order chi connectivity index (χ1) is 12.4. The largest absolute Gasteiger partial charge is 0.383 e. The molecule has 1 aromatic heterocycles. The van der Waals surface area contributed by atoms with Crippen molar-refractivity contribution in [3.8, 4) is 0 Å². The van der Waals surface area contributed by atoms with Gasteiger partial charge in [-0.05, 0) is 68.1 Å². The summed E-state index contributed by atoms with van der Waals surface area (Å²) >= 11 is 1.55. The number of benzene rings is 2. The molecule has 136 valence electrons. The minimum atomic E-state index is -0.208. The zero-order valence-electron chi connectivity index (χ0n) is 15.9. The lowest BCUT2D eigenvalue weighted by Crippen LogP contribution is -2.19. The first-order valence-electron chi connectivity index (χ1n) is 8.66. The van der Waals surface area contributed by atoms with Gasteiger partial charge < -0.3 is 9.30 Å². The Hall–Kier alpha value is -2.24. The number of hydrogen-bond acceptors (Lipinski definition) is 3. The van der Waals surface area contributed by atoms with Crippen molar-refractivity contribution < 1.29 is 9.53 Å². The molecule has 26 heavy (non-hydrogen) atoms. The summed E-state index contributed by atoms with van der Waals surface area (Å²) in [7, 11) is 1.68. The average molecular weight is 369 g/mol. The second-order valence-corrected chi connectivity index (χ2v) is 7.68. The monoisotopic (exact) mass is 368 g/mol. The molecule has 1 heterocycles. The van der Waals surface area contributed by atoms with Crippen LogP contribution < -0.4 is 4.80 Å². The van der Waals surface area contributed by atoms with Crippen LogP contribution in [0.4, 0.5) is 0 Å². The number of carbonyl (C=O) groups is 1. The Balaban J connectivity index is 2.15. The topological polar surface area (TPSA) is 43.6 Å². The van der Waals surface area contributed by atoms with Crippen molar-refractivity contribution in [2.24, 2.45) is 4.99 Å². The highest BCUT2D eigenvalue weighted by Crippen LogP contribution is 2.23. The van der Waals surface area contributed by atoms with Crippen LogP contribution in [0.25, 0.3) is 10.2 Å². The maximum absolute atomic E-state index is 12.7. The Kier molecular flexibility index (Phi) is 5.39. The second kappa shape index (κ2) is 7.56. The molecule has 0 aliphatic carbocycles. The lowest BCUT2D eigenvalue weighted by molar-refractivity contribution is 0.0997. The van der Waals surface area contributed by atoms with Gasteiger partial charge in [-0.3, -0.25) is 4.79 Å². The van der Waals surface area contributed by atoms with Gasteiger partial charge in [0.15, 0.2) is 4.80 Å². The van der Waals surface area contributed by atoms with Gasteiger partial charge in [0.25, 0.3) is 5.91 Å². The summed E-state index contributed by atoms with van der Waals surface area (Å²) in [5.41, 5.74) is 6.42. The molecule has 2 aromatic carbocycles. The summed E-state index contributed by atoms with van der Waals surface area (Å²) in [5, 5.41) is 0. The molecule has 0 aliphatic rings. The summed E-state index contributed by atoms with van der Waals surface area (Å²) in [4.78, 5) is 17.9. The third-order valence-corrected chi connectivity index (χ3v) is 5.61. The van der Waals surface area contributed by atoms with Gasteiger partial charge in [0, 0.05) is 19.2 Å². The zero-order valence-corrected chi connectivity index (χ0v) is 16.7. The van der Waals surface area contributed by atoms with Crippen LogP contribution in [0.1, 0.15) is 32.6 Å². The number of thiazole rings is 1. The van der Waals surface area contributed by atoms with Crippen molar-refractivity contribution in [3.63, 3.8) is 0 Å². The summed E-state index contributed by atoms with van der Waals surface area (Å²) in [5.74, 6) is -0.208. The molecule has 0 radical (unpaired) electrons. The highest BCUT2D eigenvalue weighted by molar-refractivity contribution is 7.16. The summed E-state index contributed by atoms with van der Waals surface area (Å²) in [6.07, 6.45) is 0. The number of aromatic nitrogens is 1. The number of fused-ring (bicyclic) bond motifs is 1. The Labute approximate surface area is 157 Å².